The number of fused-ring (bicyclic) bond motifs is 1. The van der Waals surface area contributed by atoms with Crippen LogP contribution in [0.3, 0.4) is 0 Å². The molecule has 0 fully saturated rings. The van der Waals surface area contributed by atoms with Gasteiger partial charge in [0.1, 0.15) is 5.65 Å². The maximum absolute atomic E-state index is 5.82. The summed E-state index contributed by atoms with van der Waals surface area (Å²) in [5.41, 5.74) is 10.1. The van der Waals surface area contributed by atoms with Crippen LogP contribution in [0, 0.1) is 11.2 Å². The summed E-state index contributed by atoms with van der Waals surface area (Å²) in [5, 5.41) is 4.05. The Morgan fingerprint density at radius 3 is 2.91 bits per heavy atom. The molecule has 0 bridgehead atoms. The van der Waals surface area contributed by atoms with Crippen molar-refractivity contribution in [1.82, 2.24) is 19.9 Å². The Bertz CT molecular complexity index is 962. The van der Waals surface area contributed by atoms with Crippen molar-refractivity contribution < 1.29 is 0 Å². The van der Waals surface area contributed by atoms with Gasteiger partial charge in [-0.05, 0) is 30.1 Å². The molecule has 1 atom stereocenters. The molecule has 0 aliphatic heterocycles. The van der Waals surface area contributed by atoms with Gasteiger partial charge in [-0.25, -0.2) is 15.0 Å². The maximum atomic E-state index is 5.82. The molecule has 0 saturated carbocycles. The summed E-state index contributed by atoms with van der Waals surface area (Å²) in [6.45, 7) is 2.04. The Morgan fingerprint density at radius 2 is 2.17 bits per heavy atom. The Balaban J connectivity index is 2.15. The van der Waals surface area contributed by atoms with Crippen LogP contribution in [-0.4, -0.2) is 32.1 Å². The lowest BCUT2D eigenvalue weighted by Crippen LogP contribution is -2.00. The highest BCUT2D eigenvalue weighted by molar-refractivity contribution is 8.17. The van der Waals surface area contributed by atoms with Gasteiger partial charge in [0.25, 0.3) is 0 Å². The second-order valence-corrected chi connectivity index (χ2v) is 6.62. The van der Waals surface area contributed by atoms with E-state index in [9.17, 15) is 0 Å². The molecule has 0 aliphatic rings. The van der Waals surface area contributed by atoms with Gasteiger partial charge in [-0.15, -0.1) is 10.5 Å². The Morgan fingerprint density at radius 1 is 1.35 bits per heavy atom. The van der Waals surface area contributed by atoms with E-state index in [1.807, 2.05) is 31.5 Å². The predicted molar refractivity (Wildman–Crippen MR) is 98.4 cm³/mol. The first kappa shape index (κ1) is 15.3. The SMILES string of the molecule is C=S(C)C#Cc1cnc2[nH]cc(-c3cc(CC)nc(N)n3)c2c1. The number of hydrogen-bond acceptors (Lipinski definition) is 4. The zero-order valence-corrected chi connectivity index (χ0v) is 13.9. The van der Waals surface area contributed by atoms with Crippen LogP contribution in [0.1, 0.15) is 18.2 Å². The largest absolute Gasteiger partial charge is 0.368 e. The number of nitrogens with two attached hydrogens (primary N) is 1. The summed E-state index contributed by atoms with van der Waals surface area (Å²) in [6.07, 6.45) is 6.44. The molecule has 0 amide bonds. The quantitative estimate of drug-likeness (QED) is 0.561. The molecule has 3 aromatic rings. The van der Waals surface area contributed by atoms with Gasteiger partial charge < -0.3 is 10.7 Å². The third kappa shape index (κ3) is 3.25. The predicted octanol–water partition coefficient (Wildman–Crippen LogP) is 2.80. The molecule has 0 aliphatic carbocycles. The molecule has 116 valence electrons. The van der Waals surface area contributed by atoms with Crippen LogP contribution in [0.25, 0.3) is 22.3 Å². The van der Waals surface area contributed by atoms with Crippen LogP contribution in [-0.2, 0) is 6.42 Å². The van der Waals surface area contributed by atoms with E-state index in [0.29, 0.717) is 0 Å². The highest BCUT2D eigenvalue weighted by Crippen LogP contribution is 2.27. The average molecular weight is 323 g/mol. The number of nitrogens with one attached hydrogen (secondary N) is 1. The molecular weight excluding hydrogens is 306 g/mol. The van der Waals surface area contributed by atoms with E-state index in [1.165, 1.54) is 0 Å². The van der Waals surface area contributed by atoms with E-state index in [0.717, 1.165) is 40.0 Å². The van der Waals surface area contributed by atoms with E-state index in [4.69, 9.17) is 5.73 Å². The van der Waals surface area contributed by atoms with Gasteiger partial charge in [0.2, 0.25) is 5.95 Å². The molecule has 3 heterocycles. The number of aromatic nitrogens is 4. The van der Waals surface area contributed by atoms with Crippen LogP contribution in [0.4, 0.5) is 5.95 Å². The molecule has 6 heteroatoms. The van der Waals surface area contributed by atoms with Crippen LogP contribution >= 0.6 is 10.5 Å². The Hall–Kier alpha value is -2.65. The van der Waals surface area contributed by atoms with Crippen molar-refractivity contribution >= 4 is 33.3 Å². The lowest BCUT2D eigenvalue weighted by Gasteiger charge is -2.03. The number of H-pyrrole nitrogens is 1. The molecule has 23 heavy (non-hydrogen) atoms. The van der Waals surface area contributed by atoms with E-state index in [2.05, 4.69) is 37.0 Å². The number of nitrogen functional groups attached to an aromatic ring is 1. The summed E-state index contributed by atoms with van der Waals surface area (Å²) < 4.78 is 0. The second kappa shape index (κ2) is 6.23. The van der Waals surface area contributed by atoms with Gasteiger partial charge in [-0.1, -0.05) is 18.7 Å². The minimum absolute atomic E-state index is 0.173. The molecule has 1 unspecified atom stereocenters. The monoisotopic (exact) mass is 323 g/mol. The molecule has 3 N–H and O–H groups in total. The minimum atomic E-state index is -0.173. The van der Waals surface area contributed by atoms with Crippen molar-refractivity contribution in [2.45, 2.75) is 13.3 Å². The number of aromatic amines is 1. The number of anilines is 1. The van der Waals surface area contributed by atoms with E-state index in [-0.39, 0.29) is 16.4 Å². The Kier molecular flexibility index (Phi) is 4.13. The van der Waals surface area contributed by atoms with Crippen LogP contribution in [0.15, 0.2) is 24.5 Å². The first-order chi connectivity index (χ1) is 11.1. The first-order valence-corrected chi connectivity index (χ1v) is 8.95. The number of rotatable bonds is 2. The number of aryl methyl sites for hydroxylation is 1. The molecule has 3 rings (SSSR count). The summed E-state index contributed by atoms with van der Waals surface area (Å²) in [7, 11) is -0.173. The standard InChI is InChI=1S/C17H17N5S/c1-4-12-8-15(22-17(18)21-12)14-10-20-16-13(14)7-11(9-19-16)5-6-23(2)3/h7-10H,2,4H2,1,3H3,(H,19,20)(H2,18,21,22). The fourth-order valence-electron chi connectivity index (χ4n) is 2.27. The first-order valence-electron chi connectivity index (χ1n) is 7.15. The van der Waals surface area contributed by atoms with Crippen LogP contribution in [0.2, 0.25) is 0 Å². The number of pyridine rings is 1. The zero-order valence-electron chi connectivity index (χ0n) is 13.1. The topological polar surface area (TPSA) is 80.5 Å². The maximum Gasteiger partial charge on any atom is 0.220 e. The summed E-state index contributed by atoms with van der Waals surface area (Å²) in [5.74, 6) is 7.28. The van der Waals surface area contributed by atoms with Gasteiger partial charge >= 0.3 is 0 Å². The van der Waals surface area contributed by atoms with Crippen molar-refractivity contribution in [2.75, 3.05) is 12.0 Å². The number of nitrogens with zero attached hydrogens (tertiary/aromatic N) is 3. The second-order valence-electron chi connectivity index (χ2n) is 5.14. The van der Waals surface area contributed by atoms with Gasteiger partial charge in [-0.2, -0.15) is 0 Å². The molecular formula is C17H17N5S. The highest BCUT2D eigenvalue weighted by atomic mass is 32.2. The summed E-state index contributed by atoms with van der Waals surface area (Å²) >= 11 is 0. The summed E-state index contributed by atoms with van der Waals surface area (Å²) in [6, 6.07) is 3.97. The van der Waals surface area contributed by atoms with Gasteiger partial charge in [0.05, 0.1) is 5.69 Å². The van der Waals surface area contributed by atoms with Crippen molar-refractivity contribution in [2.24, 2.45) is 0 Å². The lowest BCUT2D eigenvalue weighted by molar-refractivity contribution is 1.01. The number of hydrogen-bond donors (Lipinski definition) is 2. The molecule has 5 nitrogen and oxygen atoms in total. The van der Waals surface area contributed by atoms with Gasteiger partial charge in [-0.3, -0.25) is 0 Å². The molecule has 0 radical (unpaired) electrons. The van der Waals surface area contributed by atoms with Crippen molar-refractivity contribution in [1.29, 1.82) is 0 Å². The zero-order chi connectivity index (χ0) is 16.4. The van der Waals surface area contributed by atoms with Gasteiger partial charge in [0.15, 0.2) is 0 Å². The minimum Gasteiger partial charge on any atom is -0.368 e. The van der Waals surface area contributed by atoms with Crippen molar-refractivity contribution in [3.63, 3.8) is 0 Å². The average Bonchev–Trinajstić information content (AvgIpc) is 2.95. The van der Waals surface area contributed by atoms with Crippen LogP contribution in [0.5, 0.6) is 0 Å². The smallest absolute Gasteiger partial charge is 0.220 e. The van der Waals surface area contributed by atoms with Gasteiger partial charge in [0, 0.05) is 34.6 Å². The highest BCUT2D eigenvalue weighted by Gasteiger charge is 2.11. The summed E-state index contributed by atoms with van der Waals surface area (Å²) in [4.78, 5) is 16.2. The fraction of sp³-hybridized carbons (Fsp3) is 0.176. The molecule has 0 spiro atoms. The van der Waals surface area contributed by atoms with E-state index in [1.54, 1.807) is 6.20 Å². The van der Waals surface area contributed by atoms with Crippen LogP contribution < -0.4 is 5.73 Å². The molecule has 0 saturated heterocycles. The molecule has 3 aromatic heterocycles. The lowest BCUT2D eigenvalue weighted by atomic mass is 10.1. The third-order valence-corrected chi connectivity index (χ3v) is 3.79. The Labute approximate surface area is 137 Å². The van der Waals surface area contributed by atoms with E-state index < -0.39 is 0 Å². The van der Waals surface area contributed by atoms with Crippen molar-refractivity contribution in [3.8, 4) is 22.4 Å². The third-order valence-electron chi connectivity index (χ3n) is 3.34. The normalized spacial score (nSPS) is 11.9. The van der Waals surface area contributed by atoms with E-state index >= 15 is 0 Å². The molecule has 0 aromatic carbocycles. The fourth-order valence-corrected chi connectivity index (χ4v) is 2.56. The van der Waals surface area contributed by atoms with Crippen molar-refractivity contribution in [3.05, 3.63) is 35.8 Å².